The first kappa shape index (κ1) is 11.5. The number of pyridine rings is 1. The fourth-order valence-corrected chi connectivity index (χ4v) is 2.20. The van der Waals surface area contributed by atoms with Gasteiger partial charge in [-0.3, -0.25) is 0 Å². The smallest absolute Gasteiger partial charge is 0.338 e. The van der Waals surface area contributed by atoms with Gasteiger partial charge >= 0.3 is 5.97 Å². The molecule has 0 saturated carbocycles. The van der Waals surface area contributed by atoms with Crippen LogP contribution in [-0.4, -0.2) is 16.1 Å². The number of allylic oxidation sites excluding steroid dienone is 1. The van der Waals surface area contributed by atoms with Crippen molar-refractivity contribution in [2.24, 2.45) is 0 Å². The number of aromatic carboxylic acids is 1. The highest BCUT2D eigenvalue weighted by Gasteiger charge is 2.14. The van der Waals surface area contributed by atoms with E-state index >= 15 is 0 Å². The first-order chi connectivity index (χ1) is 8.15. The molecule has 0 atom stereocenters. The van der Waals surface area contributed by atoms with E-state index in [4.69, 9.17) is 12.2 Å². The number of nitrogens with one attached hydrogen (secondary N) is 1. The summed E-state index contributed by atoms with van der Waals surface area (Å²) in [7, 11) is 0. The quantitative estimate of drug-likeness (QED) is 0.644. The number of H-pyrrole nitrogens is 1. The molecule has 17 heavy (non-hydrogen) atoms. The van der Waals surface area contributed by atoms with Gasteiger partial charge in [-0.25, -0.2) is 4.79 Å². The molecular weight excluding hydrogens is 234 g/mol. The largest absolute Gasteiger partial charge is 0.478 e. The second-order valence-electron chi connectivity index (χ2n) is 3.65. The Morgan fingerprint density at radius 2 is 2.18 bits per heavy atom. The molecule has 0 aliphatic carbocycles. The van der Waals surface area contributed by atoms with Crippen LogP contribution in [0.5, 0.6) is 0 Å². The average Bonchev–Trinajstić information content (AvgIpc) is 2.29. The lowest BCUT2D eigenvalue weighted by molar-refractivity contribution is 0.0695. The van der Waals surface area contributed by atoms with E-state index in [0.717, 1.165) is 10.9 Å². The van der Waals surface area contributed by atoms with Crippen LogP contribution in [0.15, 0.2) is 36.9 Å². The maximum Gasteiger partial charge on any atom is 0.338 e. The molecular formula is C13H11NO2S. The Morgan fingerprint density at radius 1 is 1.47 bits per heavy atom. The van der Waals surface area contributed by atoms with E-state index in [9.17, 15) is 9.90 Å². The Morgan fingerprint density at radius 3 is 2.82 bits per heavy atom. The second kappa shape index (κ2) is 4.51. The van der Waals surface area contributed by atoms with E-state index in [1.165, 1.54) is 0 Å². The Bertz CT molecular complexity index is 658. The van der Waals surface area contributed by atoms with Crippen LogP contribution in [0.25, 0.3) is 10.9 Å². The number of hydrogen-bond acceptors (Lipinski definition) is 2. The summed E-state index contributed by atoms with van der Waals surface area (Å²) in [6.45, 7) is 3.62. The van der Waals surface area contributed by atoms with Gasteiger partial charge in [-0.1, -0.05) is 36.5 Å². The number of para-hydroxylation sites is 1. The van der Waals surface area contributed by atoms with Crippen LogP contribution in [0.3, 0.4) is 0 Å². The van der Waals surface area contributed by atoms with Crippen molar-refractivity contribution in [1.29, 1.82) is 0 Å². The number of fused-ring (bicyclic) bond motifs is 1. The average molecular weight is 245 g/mol. The molecule has 2 aromatic rings. The molecule has 0 bridgehead atoms. The lowest BCUT2D eigenvalue weighted by Gasteiger charge is -2.07. The third kappa shape index (κ3) is 1.99. The van der Waals surface area contributed by atoms with E-state index in [1.54, 1.807) is 6.08 Å². The molecule has 0 aliphatic heterocycles. The molecule has 1 aromatic heterocycles. The van der Waals surface area contributed by atoms with Gasteiger partial charge in [-0.15, -0.1) is 6.58 Å². The van der Waals surface area contributed by atoms with E-state index in [0.29, 0.717) is 16.6 Å². The number of aromatic amines is 1. The van der Waals surface area contributed by atoms with Crippen molar-refractivity contribution in [3.63, 3.8) is 0 Å². The predicted molar refractivity (Wildman–Crippen MR) is 70.0 cm³/mol. The van der Waals surface area contributed by atoms with Gasteiger partial charge in [0.05, 0.1) is 10.1 Å². The number of benzene rings is 1. The molecule has 1 aromatic carbocycles. The first-order valence-corrected chi connectivity index (χ1v) is 5.54. The summed E-state index contributed by atoms with van der Waals surface area (Å²) in [6.07, 6.45) is 2.11. The fourth-order valence-electron chi connectivity index (χ4n) is 1.81. The Labute approximate surface area is 103 Å². The van der Waals surface area contributed by atoms with Gasteiger partial charge in [-0.2, -0.15) is 0 Å². The maximum atomic E-state index is 11.2. The first-order valence-electron chi connectivity index (χ1n) is 5.13. The summed E-state index contributed by atoms with van der Waals surface area (Å²) < 4.78 is 0.378. The van der Waals surface area contributed by atoms with Gasteiger partial charge in [0, 0.05) is 23.0 Å². The summed E-state index contributed by atoms with van der Waals surface area (Å²) in [5.74, 6) is -1.01. The van der Waals surface area contributed by atoms with E-state index in [2.05, 4.69) is 11.6 Å². The third-order valence-corrected chi connectivity index (χ3v) is 2.97. The third-order valence-electron chi connectivity index (χ3n) is 2.55. The normalized spacial score (nSPS) is 10.4. The van der Waals surface area contributed by atoms with E-state index in [-0.39, 0.29) is 5.56 Å². The lowest BCUT2D eigenvalue weighted by atomic mass is 10.1. The second-order valence-corrected chi connectivity index (χ2v) is 4.06. The molecule has 0 amide bonds. The van der Waals surface area contributed by atoms with Crippen molar-refractivity contribution in [3.8, 4) is 0 Å². The van der Waals surface area contributed by atoms with Crippen LogP contribution in [0.2, 0.25) is 0 Å². The molecule has 0 spiro atoms. The molecule has 0 saturated heterocycles. The number of carbonyl (C=O) groups is 1. The minimum absolute atomic E-state index is 0.165. The van der Waals surface area contributed by atoms with Gasteiger partial charge in [0.2, 0.25) is 0 Å². The molecule has 0 fully saturated rings. The van der Waals surface area contributed by atoms with Gasteiger partial charge in [-0.05, 0) is 6.07 Å². The monoisotopic (exact) mass is 245 g/mol. The molecule has 0 radical (unpaired) electrons. The summed E-state index contributed by atoms with van der Waals surface area (Å²) >= 11 is 5.24. The van der Waals surface area contributed by atoms with Gasteiger partial charge in [0.15, 0.2) is 0 Å². The molecule has 1 heterocycles. The number of carboxylic acid groups (broad SMARTS) is 1. The standard InChI is InChI=1S/C13H11NO2S/c1-2-5-10-11(13(15)16)12(17)8-6-3-4-7-9(8)14-10/h2-4,6-7H,1,5H2,(H,14,17)(H,15,16). The summed E-state index contributed by atoms with van der Waals surface area (Å²) in [5, 5.41) is 9.97. The number of aromatic nitrogens is 1. The summed E-state index contributed by atoms with van der Waals surface area (Å²) in [4.78, 5) is 14.3. The van der Waals surface area contributed by atoms with Crippen LogP contribution in [0, 0.1) is 4.51 Å². The highest BCUT2D eigenvalue weighted by molar-refractivity contribution is 7.71. The van der Waals surface area contributed by atoms with Crippen molar-refractivity contribution >= 4 is 29.1 Å². The van der Waals surface area contributed by atoms with Crippen molar-refractivity contribution in [3.05, 3.63) is 52.7 Å². The molecule has 2 rings (SSSR count). The number of carboxylic acids is 1. The van der Waals surface area contributed by atoms with Crippen LogP contribution >= 0.6 is 12.2 Å². The highest BCUT2D eigenvalue weighted by atomic mass is 32.1. The Hall–Kier alpha value is -1.94. The van der Waals surface area contributed by atoms with Crippen molar-refractivity contribution in [2.45, 2.75) is 6.42 Å². The van der Waals surface area contributed by atoms with Gasteiger partial charge in [0.1, 0.15) is 0 Å². The van der Waals surface area contributed by atoms with Crippen molar-refractivity contribution < 1.29 is 9.90 Å². The fraction of sp³-hybridized carbons (Fsp3) is 0.0769. The van der Waals surface area contributed by atoms with Crippen LogP contribution in [0.4, 0.5) is 0 Å². The van der Waals surface area contributed by atoms with Crippen molar-refractivity contribution in [1.82, 2.24) is 4.98 Å². The zero-order valence-corrected chi connectivity index (χ0v) is 9.88. The summed E-state index contributed by atoms with van der Waals surface area (Å²) in [5.41, 5.74) is 1.61. The Kier molecular flexibility index (Phi) is 3.06. The van der Waals surface area contributed by atoms with Crippen molar-refractivity contribution in [2.75, 3.05) is 0 Å². The van der Waals surface area contributed by atoms with Crippen LogP contribution in [-0.2, 0) is 6.42 Å². The minimum atomic E-state index is -1.01. The minimum Gasteiger partial charge on any atom is -0.478 e. The predicted octanol–water partition coefficient (Wildman–Crippen LogP) is 3.32. The molecule has 0 aliphatic rings. The number of hydrogen-bond donors (Lipinski definition) is 2. The SMILES string of the molecule is C=CCc1[nH]c2ccccc2c(=S)c1C(=O)O. The van der Waals surface area contributed by atoms with Crippen LogP contribution < -0.4 is 0 Å². The molecule has 3 nitrogen and oxygen atoms in total. The Balaban J connectivity index is 2.88. The zero-order chi connectivity index (χ0) is 12.4. The van der Waals surface area contributed by atoms with Gasteiger partial charge in [0.25, 0.3) is 0 Å². The van der Waals surface area contributed by atoms with Gasteiger partial charge < -0.3 is 10.1 Å². The molecule has 0 unspecified atom stereocenters. The zero-order valence-electron chi connectivity index (χ0n) is 9.06. The van der Waals surface area contributed by atoms with E-state index in [1.807, 2.05) is 24.3 Å². The number of rotatable bonds is 3. The lowest BCUT2D eigenvalue weighted by Crippen LogP contribution is -2.06. The maximum absolute atomic E-state index is 11.2. The molecule has 4 heteroatoms. The highest BCUT2D eigenvalue weighted by Crippen LogP contribution is 2.20. The molecule has 86 valence electrons. The topological polar surface area (TPSA) is 53.1 Å². The summed E-state index contributed by atoms with van der Waals surface area (Å²) in [6, 6.07) is 7.41. The van der Waals surface area contributed by atoms with Crippen LogP contribution in [0.1, 0.15) is 16.1 Å². The van der Waals surface area contributed by atoms with E-state index < -0.39 is 5.97 Å². The molecule has 2 N–H and O–H groups in total.